The Balaban J connectivity index is 2.78. The van der Waals surface area contributed by atoms with Crippen LogP contribution in [0.1, 0.15) is 16.1 Å². The summed E-state index contributed by atoms with van der Waals surface area (Å²) in [6.07, 6.45) is -9.53. The van der Waals surface area contributed by atoms with E-state index in [1.807, 2.05) is 0 Å². The minimum absolute atomic E-state index is 0.403. The molecular weight excluding hydrogens is 298 g/mol. The van der Waals surface area contributed by atoms with Crippen molar-refractivity contribution in [3.05, 3.63) is 33.7 Å². The van der Waals surface area contributed by atoms with Crippen LogP contribution in [0.3, 0.4) is 0 Å². The molecule has 0 bridgehead atoms. The molecule has 112 valence electrons. The maximum absolute atomic E-state index is 12.2. The van der Waals surface area contributed by atoms with Gasteiger partial charge in [0.25, 0.3) is 11.5 Å². The summed E-state index contributed by atoms with van der Waals surface area (Å²) >= 11 is 0. The molecule has 0 aliphatic heterocycles. The van der Waals surface area contributed by atoms with Gasteiger partial charge in [0, 0.05) is 0 Å². The van der Waals surface area contributed by atoms with Gasteiger partial charge in [0.15, 0.2) is 6.61 Å². The van der Waals surface area contributed by atoms with Crippen LogP contribution in [-0.2, 0) is 11.0 Å². The van der Waals surface area contributed by atoms with Crippen LogP contribution >= 0.6 is 0 Å². The monoisotopic (exact) mass is 304 g/mol. The minimum Gasteiger partial charge on any atom is -0.318 e. The number of alkyl halides is 6. The molecule has 0 aromatic carbocycles. The lowest BCUT2D eigenvalue weighted by atomic mass is 10.2. The fourth-order valence-corrected chi connectivity index (χ4v) is 1.06. The van der Waals surface area contributed by atoms with Crippen molar-refractivity contribution < 1.29 is 36.0 Å². The Morgan fingerprint density at radius 1 is 1.20 bits per heavy atom. The summed E-state index contributed by atoms with van der Waals surface area (Å²) in [6.45, 7) is -1.81. The lowest BCUT2D eigenvalue weighted by Crippen LogP contribution is -2.33. The molecule has 1 rings (SSSR count). The van der Waals surface area contributed by atoms with Gasteiger partial charge in [-0.2, -0.15) is 26.3 Å². The molecule has 11 heteroatoms. The Kier molecular flexibility index (Phi) is 4.43. The highest BCUT2D eigenvalue weighted by molar-refractivity contribution is 5.93. The fraction of sp³-hybridized carbons (Fsp3) is 0.333. The van der Waals surface area contributed by atoms with Crippen LogP contribution < -0.4 is 11.0 Å². The Hall–Kier alpha value is -2.04. The van der Waals surface area contributed by atoms with Gasteiger partial charge in [-0.25, -0.2) is 5.48 Å². The van der Waals surface area contributed by atoms with Crippen molar-refractivity contribution >= 4 is 5.91 Å². The molecule has 0 radical (unpaired) electrons. The Labute approximate surface area is 106 Å². The number of halogens is 6. The molecular formula is C9H6F6N2O3. The van der Waals surface area contributed by atoms with E-state index >= 15 is 0 Å². The van der Waals surface area contributed by atoms with E-state index in [9.17, 15) is 35.9 Å². The van der Waals surface area contributed by atoms with Gasteiger partial charge in [-0.3, -0.25) is 14.4 Å². The first-order chi connectivity index (χ1) is 9.00. The SMILES string of the molecule is O=C(NOCC(F)(F)F)c1ccc(C(F)(F)F)[nH]c1=O. The molecule has 2 N–H and O–H groups in total. The quantitative estimate of drug-likeness (QED) is 0.658. The van der Waals surface area contributed by atoms with Gasteiger partial charge in [-0.1, -0.05) is 0 Å². The highest BCUT2D eigenvalue weighted by atomic mass is 19.4. The third-order valence-corrected chi connectivity index (χ3v) is 1.86. The van der Waals surface area contributed by atoms with E-state index < -0.39 is 41.7 Å². The molecule has 1 aromatic rings. The number of hydrogen-bond acceptors (Lipinski definition) is 3. The van der Waals surface area contributed by atoms with Crippen molar-refractivity contribution in [2.24, 2.45) is 0 Å². The first kappa shape index (κ1) is 16.0. The van der Waals surface area contributed by atoms with Crippen LogP contribution in [0.4, 0.5) is 26.3 Å². The number of carbonyl (C=O) groups is 1. The number of nitrogens with one attached hydrogen (secondary N) is 2. The molecule has 0 aliphatic carbocycles. The van der Waals surface area contributed by atoms with Gasteiger partial charge in [0.05, 0.1) is 0 Å². The van der Waals surface area contributed by atoms with Gasteiger partial charge in [0.1, 0.15) is 11.3 Å². The molecule has 20 heavy (non-hydrogen) atoms. The van der Waals surface area contributed by atoms with E-state index in [2.05, 4.69) is 4.84 Å². The molecule has 0 saturated carbocycles. The zero-order valence-electron chi connectivity index (χ0n) is 9.35. The zero-order valence-corrected chi connectivity index (χ0v) is 9.35. The summed E-state index contributed by atoms with van der Waals surface area (Å²) < 4.78 is 71.8. The van der Waals surface area contributed by atoms with Crippen molar-refractivity contribution in [3.8, 4) is 0 Å². The molecule has 0 aliphatic rings. The molecule has 1 aromatic heterocycles. The van der Waals surface area contributed by atoms with Crippen molar-refractivity contribution in [2.75, 3.05) is 6.61 Å². The number of aromatic amines is 1. The molecule has 1 heterocycles. The first-order valence-electron chi connectivity index (χ1n) is 4.80. The van der Waals surface area contributed by atoms with Crippen LogP contribution in [0, 0.1) is 0 Å². The number of H-pyrrole nitrogens is 1. The second-order valence-corrected chi connectivity index (χ2v) is 3.45. The summed E-state index contributed by atoms with van der Waals surface area (Å²) in [5.74, 6) is -1.40. The van der Waals surface area contributed by atoms with Gasteiger partial charge in [-0.05, 0) is 12.1 Å². The van der Waals surface area contributed by atoms with E-state index in [4.69, 9.17) is 0 Å². The highest BCUT2D eigenvalue weighted by Crippen LogP contribution is 2.26. The van der Waals surface area contributed by atoms with Crippen LogP contribution in [0.15, 0.2) is 16.9 Å². The van der Waals surface area contributed by atoms with Crippen LogP contribution in [0.2, 0.25) is 0 Å². The Morgan fingerprint density at radius 3 is 2.25 bits per heavy atom. The molecule has 0 atom stereocenters. The number of hydroxylamine groups is 1. The molecule has 0 saturated heterocycles. The molecule has 1 amide bonds. The minimum atomic E-state index is -4.82. The predicted molar refractivity (Wildman–Crippen MR) is 51.5 cm³/mol. The number of hydrogen-bond donors (Lipinski definition) is 2. The van der Waals surface area contributed by atoms with Crippen molar-refractivity contribution in [3.63, 3.8) is 0 Å². The molecule has 5 nitrogen and oxygen atoms in total. The maximum Gasteiger partial charge on any atom is 0.431 e. The summed E-state index contributed by atoms with van der Waals surface area (Å²) in [5.41, 5.74) is -2.33. The third kappa shape index (κ3) is 4.57. The van der Waals surface area contributed by atoms with Gasteiger partial charge >= 0.3 is 12.4 Å². The number of pyridine rings is 1. The first-order valence-corrected chi connectivity index (χ1v) is 4.80. The number of aromatic nitrogens is 1. The zero-order chi connectivity index (χ0) is 15.6. The Morgan fingerprint density at radius 2 is 1.80 bits per heavy atom. The highest BCUT2D eigenvalue weighted by Gasteiger charge is 2.32. The second kappa shape index (κ2) is 5.53. The van der Waals surface area contributed by atoms with Gasteiger partial charge < -0.3 is 4.98 Å². The average molecular weight is 304 g/mol. The lowest BCUT2D eigenvalue weighted by Gasteiger charge is -2.09. The maximum atomic E-state index is 12.2. The van der Waals surface area contributed by atoms with Gasteiger partial charge in [-0.15, -0.1) is 0 Å². The van der Waals surface area contributed by atoms with Gasteiger partial charge in [0.2, 0.25) is 0 Å². The third-order valence-electron chi connectivity index (χ3n) is 1.86. The Bertz CT molecular complexity index is 548. The summed E-state index contributed by atoms with van der Waals surface area (Å²) in [7, 11) is 0. The molecule has 0 fully saturated rings. The lowest BCUT2D eigenvalue weighted by molar-refractivity contribution is -0.184. The van der Waals surface area contributed by atoms with E-state index in [0.717, 1.165) is 0 Å². The molecule has 0 unspecified atom stereocenters. The largest absolute Gasteiger partial charge is 0.431 e. The average Bonchev–Trinajstić information content (AvgIpc) is 2.25. The predicted octanol–water partition coefficient (Wildman–Crippen LogP) is 1.62. The number of rotatable bonds is 3. The summed E-state index contributed by atoms with van der Waals surface area (Å²) in [4.78, 5) is 27.6. The smallest absolute Gasteiger partial charge is 0.318 e. The fourth-order valence-electron chi connectivity index (χ4n) is 1.06. The van der Waals surface area contributed by atoms with Crippen molar-refractivity contribution in [1.82, 2.24) is 10.5 Å². The number of carbonyl (C=O) groups excluding carboxylic acids is 1. The van der Waals surface area contributed by atoms with Crippen LogP contribution in [0.5, 0.6) is 0 Å². The van der Waals surface area contributed by atoms with Crippen LogP contribution in [0.25, 0.3) is 0 Å². The normalized spacial score (nSPS) is 12.3. The van der Waals surface area contributed by atoms with Crippen LogP contribution in [-0.4, -0.2) is 23.7 Å². The number of amides is 1. The summed E-state index contributed by atoms with van der Waals surface area (Å²) in [6, 6.07) is 0.925. The summed E-state index contributed by atoms with van der Waals surface area (Å²) in [5, 5.41) is 0. The van der Waals surface area contributed by atoms with E-state index in [1.54, 1.807) is 0 Å². The van der Waals surface area contributed by atoms with E-state index in [0.29, 0.717) is 12.1 Å². The standard InChI is InChI=1S/C9H6F6N2O3/c10-8(11,12)3-20-17-7(19)4-1-2-5(9(13,14)15)16-6(4)18/h1-2H,3H2,(H,16,18)(H,17,19). The molecule has 0 spiro atoms. The van der Waals surface area contributed by atoms with E-state index in [-0.39, 0.29) is 0 Å². The van der Waals surface area contributed by atoms with E-state index in [1.165, 1.54) is 10.5 Å². The second-order valence-electron chi connectivity index (χ2n) is 3.45. The topological polar surface area (TPSA) is 71.2 Å². The van der Waals surface area contributed by atoms with Crippen molar-refractivity contribution in [1.29, 1.82) is 0 Å². The van der Waals surface area contributed by atoms with Crippen molar-refractivity contribution in [2.45, 2.75) is 12.4 Å².